The van der Waals surface area contributed by atoms with Gasteiger partial charge in [0.2, 0.25) is 0 Å². The molecule has 0 unspecified atom stereocenters. The summed E-state index contributed by atoms with van der Waals surface area (Å²) in [4.78, 5) is 26.3. The summed E-state index contributed by atoms with van der Waals surface area (Å²) in [7, 11) is 1.34. The molecule has 0 bridgehead atoms. The monoisotopic (exact) mass is 397 g/mol. The van der Waals surface area contributed by atoms with Crippen molar-refractivity contribution in [1.82, 2.24) is 0 Å². The number of ether oxygens (including phenoxy) is 1. The molecule has 2 heterocycles. The molecule has 3 rings (SSSR count). The van der Waals surface area contributed by atoms with Crippen molar-refractivity contribution >= 4 is 28.2 Å². The standard InChI is InChI=1S/C22H23NO4S/c1-11-7-8-16(12(2)9-11)18-15(5)28-21(19(18)22(25)26-6)23-20(24)17-10-13(3)27-14(17)4/h7-10H,1-6H3,(H,23,24). The summed E-state index contributed by atoms with van der Waals surface area (Å²) in [6.07, 6.45) is 0. The Morgan fingerprint density at radius 2 is 1.79 bits per heavy atom. The Labute approximate surface area is 168 Å². The zero-order chi connectivity index (χ0) is 20.6. The molecule has 2 aromatic heterocycles. The molecule has 6 heteroatoms. The molecule has 3 aromatic rings. The van der Waals surface area contributed by atoms with Crippen LogP contribution in [0.4, 0.5) is 5.00 Å². The molecule has 0 radical (unpaired) electrons. The summed E-state index contributed by atoms with van der Waals surface area (Å²) in [6.45, 7) is 9.51. The molecule has 0 aliphatic rings. The van der Waals surface area contributed by atoms with Gasteiger partial charge < -0.3 is 14.5 Å². The number of amides is 1. The molecule has 0 saturated heterocycles. The lowest BCUT2D eigenvalue weighted by Crippen LogP contribution is -2.14. The number of furan rings is 1. The van der Waals surface area contributed by atoms with Crippen LogP contribution in [0.25, 0.3) is 11.1 Å². The van der Waals surface area contributed by atoms with E-state index in [9.17, 15) is 9.59 Å². The Bertz CT molecular complexity index is 1070. The van der Waals surface area contributed by atoms with E-state index >= 15 is 0 Å². The van der Waals surface area contributed by atoms with Gasteiger partial charge in [0.25, 0.3) is 5.91 Å². The van der Waals surface area contributed by atoms with Crippen molar-refractivity contribution in [3.05, 3.63) is 62.9 Å². The molecule has 0 aliphatic heterocycles. The maximum atomic E-state index is 12.8. The Morgan fingerprint density at radius 3 is 2.36 bits per heavy atom. The van der Waals surface area contributed by atoms with Crippen LogP contribution >= 0.6 is 11.3 Å². The van der Waals surface area contributed by atoms with Gasteiger partial charge in [-0.15, -0.1) is 11.3 Å². The fourth-order valence-electron chi connectivity index (χ4n) is 3.37. The maximum Gasteiger partial charge on any atom is 0.341 e. The summed E-state index contributed by atoms with van der Waals surface area (Å²) in [5.41, 5.74) is 4.79. The van der Waals surface area contributed by atoms with Crippen LogP contribution in [-0.4, -0.2) is 19.0 Å². The Morgan fingerprint density at radius 1 is 1.07 bits per heavy atom. The summed E-state index contributed by atoms with van der Waals surface area (Å²) < 4.78 is 10.5. The maximum absolute atomic E-state index is 12.8. The number of thiophene rings is 1. The molecule has 1 aromatic carbocycles. The number of hydrogen-bond donors (Lipinski definition) is 1. The first-order valence-electron chi connectivity index (χ1n) is 8.90. The molecule has 0 aliphatic carbocycles. The third-order valence-electron chi connectivity index (χ3n) is 4.64. The van der Waals surface area contributed by atoms with Gasteiger partial charge in [-0.2, -0.15) is 0 Å². The highest BCUT2D eigenvalue weighted by Gasteiger charge is 2.27. The lowest BCUT2D eigenvalue weighted by molar-refractivity contribution is 0.0603. The van der Waals surface area contributed by atoms with E-state index in [0.29, 0.717) is 27.6 Å². The van der Waals surface area contributed by atoms with Crippen LogP contribution in [0.1, 0.15) is 48.2 Å². The van der Waals surface area contributed by atoms with Gasteiger partial charge in [-0.1, -0.05) is 23.8 Å². The van der Waals surface area contributed by atoms with Crippen molar-refractivity contribution in [2.24, 2.45) is 0 Å². The number of nitrogens with one attached hydrogen (secondary N) is 1. The number of carbonyl (C=O) groups is 2. The molecule has 0 saturated carbocycles. The highest BCUT2D eigenvalue weighted by Crippen LogP contribution is 2.42. The zero-order valence-corrected chi connectivity index (χ0v) is 17.7. The van der Waals surface area contributed by atoms with Crippen molar-refractivity contribution in [3.63, 3.8) is 0 Å². The quantitative estimate of drug-likeness (QED) is 0.583. The molecule has 0 fully saturated rings. The highest BCUT2D eigenvalue weighted by atomic mass is 32.1. The molecular weight excluding hydrogens is 374 g/mol. The lowest BCUT2D eigenvalue weighted by atomic mass is 9.96. The van der Waals surface area contributed by atoms with Crippen LogP contribution in [0.5, 0.6) is 0 Å². The number of carbonyl (C=O) groups excluding carboxylic acids is 2. The van der Waals surface area contributed by atoms with Gasteiger partial charge in [0, 0.05) is 10.4 Å². The van der Waals surface area contributed by atoms with Gasteiger partial charge in [-0.05, 0) is 51.8 Å². The number of hydrogen-bond acceptors (Lipinski definition) is 5. The molecule has 5 nitrogen and oxygen atoms in total. The van der Waals surface area contributed by atoms with E-state index in [4.69, 9.17) is 9.15 Å². The van der Waals surface area contributed by atoms with Crippen LogP contribution in [0.3, 0.4) is 0 Å². The number of aryl methyl sites for hydroxylation is 5. The predicted molar refractivity (Wildman–Crippen MR) is 111 cm³/mol. The number of rotatable bonds is 4. The van der Waals surface area contributed by atoms with Crippen molar-refractivity contribution in [1.29, 1.82) is 0 Å². The minimum atomic E-state index is -0.477. The van der Waals surface area contributed by atoms with Crippen molar-refractivity contribution in [2.75, 3.05) is 12.4 Å². The van der Waals surface area contributed by atoms with Crippen LogP contribution in [0.2, 0.25) is 0 Å². The van der Waals surface area contributed by atoms with Crippen molar-refractivity contribution in [3.8, 4) is 11.1 Å². The van der Waals surface area contributed by atoms with Gasteiger partial charge in [-0.3, -0.25) is 4.79 Å². The number of anilines is 1. The van der Waals surface area contributed by atoms with Gasteiger partial charge in [0.05, 0.1) is 12.7 Å². The van der Waals surface area contributed by atoms with E-state index < -0.39 is 5.97 Å². The molecule has 1 N–H and O–H groups in total. The molecule has 146 valence electrons. The third-order valence-corrected chi connectivity index (χ3v) is 5.66. The Kier molecular flexibility index (Phi) is 5.42. The van der Waals surface area contributed by atoms with E-state index in [1.54, 1.807) is 19.9 Å². The second-order valence-corrected chi connectivity index (χ2v) is 8.05. The average molecular weight is 397 g/mol. The van der Waals surface area contributed by atoms with Crippen molar-refractivity contribution < 1.29 is 18.7 Å². The second kappa shape index (κ2) is 7.64. The first-order chi connectivity index (χ1) is 13.2. The molecule has 0 atom stereocenters. The van der Waals surface area contributed by atoms with Crippen LogP contribution in [0.15, 0.2) is 28.7 Å². The lowest BCUT2D eigenvalue weighted by Gasteiger charge is -2.11. The molecule has 28 heavy (non-hydrogen) atoms. The first kappa shape index (κ1) is 19.9. The molecular formula is C22H23NO4S. The van der Waals surface area contributed by atoms with Crippen LogP contribution in [-0.2, 0) is 4.74 Å². The Balaban J connectivity index is 2.11. The normalized spacial score (nSPS) is 10.8. The minimum absolute atomic E-state index is 0.312. The summed E-state index contributed by atoms with van der Waals surface area (Å²) in [5, 5.41) is 3.35. The number of methoxy groups -OCH3 is 1. The third kappa shape index (κ3) is 3.60. The molecule has 1 amide bonds. The number of esters is 1. The van der Waals surface area contributed by atoms with Gasteiger partial charge in [0.1, 0.15) is 22.1 Å². The second-order valence-electron chi connectivity index (χ2n) is 6.83. The predicted octanol–water partition coefficient (Wildman–Crippen LogP) is 5.59. The summed E-state index contributed by atoms with van der Waals surface area (Å²) in [5.74, 6) is 0.411. The average Bonchev–Trinajstić information content (AvgIpc) is 3.13. The van der Waals surface area contributed by atoms with Crippen LogP contribution < -0.4 is 5.32 Å². The highest BCUT2D eigenvalue weighted by molar-refractivity contribution is 7.17. The van der Waals surface area contributed by atoms with Crippen molar-refractivity contribution in [2.45, 2.75) is 34.6 Å². The van der Waals surface area contributed by atoms with E-state index in [2.05, 4.69) is 11.4 Å². The van der Waals surface area contributed by atoms with E-state index in [-0.39, 0.29) is 5.91 Å². The van der Waals surface area contributed by atoms with Gasteiger partial charge in [-0.25, -0.2) is 4.79 Å². The fourth-order valence-corrected chi connectivity index (χ4v) is 4.43. The summed E-state index contributed by atoms with van der Waals surface area (Å²) >= 11 is 1.36. The van der Waals surface area contributed by atoms with E-state index in [1.807, 2.05) is 32.9 Å². The zero-order valence-electron chi connectivity index (χ0n) is 16.9. The topological polar surface area (TPSA) is 68.5 Å². The number of benzene rings is 1. The summed E-state index contributed by atoms with van der Waals surface area (Å²) in [6, 6.07) is 7.77. The fraction of sp³-hybridized carbons (Fsp3) is 0.273. The SMILES string of the molecule is COC(=O)c1c(NC(=O)c2cc(C)oc2C)sc(C)c1-c1ccc(C)cc1C. The smallest absolute Gasteiger partial charge is 0.341 e. The van der Waals surface area contributed by atoms with Gasteiger partial charge >= 0.3 is 5.97 Å². The minimum Gasteiger partial charge on any atom is -0.466 e. The van der Waals surface area contributed by atoms with E-state index in [0.717, 1.165) is 27.1 Å². The van der Waals surface area contributed by atoms with Gasteiger partial charge in [0.15, 0.2) is 0 Å². The van der Waals surface area contributed by atoms with E-state index in [1.165, 1.54) is 18.4 Å². The Hall–Kier alpha value is -2.86. The van der Waals surface area contributed by atoms with Crippen LogP contribution in [0, 0.1) is 34.6 Å². The largest absolute Gasteiger partial charge is 0.466 e. The molecule has 0 spiro atoms. The first-order valence-corrected chi connectivity index (χ1v) is 9.72.